The molecule has 1 heterocycles. The van der Waals surface area contributed by atoms with Gasteiger partial charge in [-0.3, -0.25) is 0 Å². The lowest BCUT2D eigenvalue weighted by atomic mass is 10.1. The van der Waals surface area contributed by atoms with Crippen molar-refractivity contribution in [3.8, 4) is 12.3 Å². The van der Waals surface area contributed by atoms with E-state index in [0.717, 1.165) is 30.5 Å². The van der Waals surface area contributed by atoms with Crippen LogP contribution in [0, 0.1) is 12.3 Å². The molecular formula is C11H13NO. The Morgan fingerprint density at radius 1 is 1.31 bits per heavy atom. The first kappa shape index (κ1) is 8.25. The summed E-state index contributed by atoms with van der Waals surface area (Å²) in [5.41, 5.74) is 3.06. The number of rotatable bonds is 0. The Bertz CT molecular complexity index is 357. The standard InChI is InChI=1S/C11H13NO/c1-2-9-8-12(13)11-7-5-3-4-6-10(9)11/h1,8,13H,3-7H2. The molecule has 0 saturated carbocycles. The molecule has 0 spiro atoms. The Morgan fingerprint density at radius 2 is 2.08 bits per heavy atom. The van der Waals surface area contributed by atoms with Crippen molar-refractivity contribution in [3.05, 3.63) is 23.0 Å². The fraction of sp³-hybridized carbons (Fsp3) is 0.455. The zero-order chi connectivity index (χ0) is 9.26. The Morgan fingerprint density at radius 3 is 2.85 bits per heavy atom. The van der Waals surface area contributed by atoms with E-state index in [1.807, 2.05) is 0 Å². The van der Waals surface area contributed by atoms with Crippen LogP contribution < -0.4 is 0 Å². The Labute approximate surface area is 78.1 Å². The zero-order valence-electron chi connectivity index (χ0n) is 7.58. The molecular weight excluding hydrogens is 162 g/mol. The van der Waals surface area contributed by atoms with Gasteiger partial charge >= 0.3 is 0 Å². The first-order valence-corrected chi connectivity index (χ1v) is 4.72. The molecule has 0 amide bonds. The van der Waals surface area contributed by atoms with Crippen LogP contribution in [-0.4, -0.2) is 9.94 Å². The maximum Gasteiger partial charge on any atom is 0.0611 e. The highest BCUT2D eigenvalue weighted by molar-refractivity contribution is 5.43. The summed E-state index contributed by atoms with van der Waals surface area (Å²) in [6, 6.07) is 0. The van der Waals surface area contributed by atoms with Gasteiger partial charge in [-0.05, 0) is 31.2 Å². The summed E-state index contributed by atoms with van der Waals surface area (Å²) in [7, 11) is 0. The predicted molar refractivity (Wildman–Crippen MR) is 50.8 cm³/mol. The number of nitrogens with zero attached hydrogens (tertiary/aromatic N) is 1. The van der Waals surface area contributed by atoms with Gasteiger partial charge in [-0.1, -0.05) is 12.3 Å². The molecule has 1 N–H and O–H groups in total. The van der Waals surface area contributed by atoms with E-state index in [4.69, 9.17) is 6.42 Å². The highest BCUT2D eigenvalue weighted by Gasteiger charge is 2.16. The van der Waals surface area contributed by atoms with Crippen LogP contribution in [0.3, 0.4) is 0 Å². The van der Waals surface area contributed by atoms with Gasteiger partial charge in [-0.25, -0.2) is 0 Å². The molecule has 0 aliphatic heterocycles. The van der Waals surface area contributed by atoms with Crippen LogP contribution in [0.5, 0.6) is 0 Å². The average molecular weight is 175 g/mol. The third-order valence-corrected chi connectivity index (χ3v) is 2.70. The van der Waals surface area contributed by atoms with Crippen LogP contribution in [0.15, 0.2) is 6.20 Å². The third-order valence-electron chi connectivity index (χ3n) is 2.70. The molecule has 0 atom stereocenters. The van der Waals surface area contributed by atoms with Crippen molar-refractivity contribution in [1.29, 1.82) is 0 Å². The van der Waals surface area contributed by atoms with E-state index < -0.39 is 0 Å². The maximum absolute atomic E-state index is 9.55. The lowest BCUT2D eigenvalue weighted by Crippen LogP contribution is -1.97. The van der Waals surface area contributed by atoms with E-state index in [0.29, 0.717) is 0 Å². The molecule has 0 radical (unpaired) electrons. The monoisotopic (exact) mass is 175 g/mol. The Hall–Kier alpha value is -1.36. The minimum Gasteiger partial charge on any atom is -0.429 e. The lowest BCUT2D eigenvalue weighted by molar-refractivity contribution is 0.177. The summed E-state index contributed by atoms with van der Waals surface area (Å²) in [6.07, 6.45) is 12.6. The molecule has 2 heteroatoms. The van der Waals surface area contributed by atoms with Gasteiger partial charge in [0, 0.05) is 5.56 Å². The SMILES string of the molecule is C#Cc1cn(O)c2c1CCCCC2. The number of hydrogen-bond donors (Lipinski definition) is 1. The highest BCUT2D eigenvalue weighted by Crippen LogP contribution is 2.24. The second kappa shape index (κ2) is 3.18. The summed E-state index contributed by atoms with van der Waals surface area (Å²) in [5.74, 6) is 2.62. The van der Waals surface area contributed by atoms with Gasteiger partial charge in [0.25, 0.3) is 0 Å². The minimum atomic E-state index is 0.861. The molecule has 1 aromatic rings. The molecule has 0 saturated heterocycles. The summed E-state index contributed by atoms with van der Waals surface area (Å²) in [4.78, 5) is 0. The molecule has 1 aromatic heterocycles. The van der Waals surface area contributed by atoms with E-state index in [1.165, 1.54) is 23.1 Å². The first-order valence-electron chi connectivity index (χ1n) is 4.72. The van der Waals surface area contributed by atoms with Crippen LogP contribution in [-0.2, 0) is 12.8 Å². The quantitative estimate of drug-likeness (QED) is 0.364. The summed E-state index contributed by atoms with van der Waals surface area (Å²) in [5, 5.41) is 9.55. The Balaban J connectivity index is 2.49. The van der Waals surface area contributed by atoms with Crippen LogP contribution in [0.1, 0.15) is 36.1 Å². The van der Waals surface area contributed by atoms with Crippen molar-refractivity contribution in [2.24, 2.45) is 0 Å². The van der Waals surface area contributed by atoms with Crippen molar-refractivity contribution in [2.45, 2.75) is 32.1 Å². The van der Waals surface area contributed by atoms with E-state index in [9.17, 15) is 5.21 Å². The van der Waals surface area contributed by atoms with Crippen molar-refractivity contribution in [2.75, 3.05) is 0 Å². The normalized spacial score (nSPS) is 15.9. The number of fused-ring (bicyclic) bond motifs is 1. The van der Waals surface area contributed by atoms with Crippen LogP contribution in [0.25, 0.3) is 0 Å². The number of aromatic nitrogens is 1. The number of terminal acetylenes is 1. The second-order valence-electron chi connectivity index (χ2n) is 3.52. The third kappa shape index (κ3) is 1.31. The smallest absolute Gasteiger partial charge is 0.0611 e. The minimum absolute atomic E-state index is 0.861. The van der Waals surface area contributed by atoms with Crippen molar-refractivity contribution in [1.82, 2.24) is 4.73 Å². The van der Waals surface area contributed by atoms with Crippen LogP contribution >= 0.6 is 0 Å². The number of hydrogen-bond acceptors (Lipinski definition) is 1. The second-order valence-corrected chi connectivity index (χ2v) is 3.52. The van der Waals surface area contributed by atoms with E-state index in [1.54, 1.807) is 6.20 Å². The molecule has 2 rings (SSSR count). The van der Waals surface area contributed by atoms with Crippen LogP contribution in [0.4, 0.5) is 0 Å². The summed E-state index contributed by atoms with van der Waals surface area (Å²) < 4.78 is 1.20. The largest absolute Gasteiger partial charge is 0.429 e. The van der Waals surface area contributed by atoms with Gasteiger partial charge in [0.1, 0.15) is 0 Å². The first-order chi connectivity index (χ1) is 6.33. The fourth-order valence-electron chi connectivity index (χ4n) is 2.01. The van der Waals surface area contributed by atoms with Gasteiger partial charge in [-0.2, -0.15) is 4.73 Å². The summed E-state index contributed by atoms with van der Waals surface area (Å²) >= 11 is 0. The molecule has 1 aliphatic rings. The van der Waals surface area contributed by atoms with E-state index in [2.05, 4.69) is 5.92 Å². The Kier molecular flexibility index (Phi) is 2.02. The molecule has 0 unspecified atom stereocenters. The zero-order valence-corrected chi connectivity index (χ0v) is 7.58. The van der Waals surface area contributed by atoms with Gasteiger partial charge in [0.05, 0.1) is 11.9 Å². The molecule has 13 heavy (non-hydrogen) atoms. The van der Waals surface area contributed by atoms with Crippen molar-refractivity contribution >= 4 is 0 Å². The molecule has 0 fully saturated rings. The van der Waals surface area contributed by atoms with Gasteiger partial charge < -0.3 is 5.21 Å². The topological polar surface area (TPSA) is 25.2 Å². The fourth-order valence-corrected chi connectivity index (χ4v) is 2.01. The summed E-state index contributed by atoms with van der Waals surface area (Å²) in [6.45, 7) is 0. The predicted octanol–water partition coefficient (Wildman–Crippen LogP) is 1.98. The van der Waals surface area contributed by atoms with E-state index in [-0.39, 0.29) is 0 Å². The van der Waals surface area contributed by atoms with Gasteiger partial charge in [-0.15, -0.1) is 6.42 Å². The molecule has 0 bridgehead atoms. The van der Waals surface area contributed by atoms with E-state index >= 15 is 0 Å². The maximum atomic E-state index is 9.55. The average Bonchev–Trinajstić information content (AvgIpc) is 2.38. The lowest BCUT2D eigenvalue weighted by Gasteiger charge is -2.00. The van der Waals surface area contributed by atoms with Crippen molar-refractivity contribution < 1.29 is 5.21 Å². The molecule has 68 valence electrons. The van der Waals surface area contributed by atoms with Crippen molar-refractivity contribution in [3.63, 3.8) is 0 Å². The van der Waals surface area contributed by atoms with Crippen LogP contribution in [0.2, 0.25) is 0 Å². The molecule has 1 aliphatic carbocycles. The molecule has 2 nitrogen and oxygen atoms in total. The highest BCUT2D eigenvalue weighted by atomic mass is 16.5. The molecule has 0 aromatic carbocycles. The van der Waals surface area contributed by atoms with Gasteiger partial charge in [0.2, 0.25) is 0 Å². The van der Waals surface area contributed by atoms with Gasteiger partial charge in [0.15, 0.2) is 0 Å².